The van der Waals surface area contributed by atoms with Gasteiger partial charge in [-0.2, -0.15) is 0 Å². The lowest BCUT2D eigenvalue weighted by atomic mass is 9.91. The molecule has 0 bridgehead atoms. The normalized spacial score (nSPS) is 11.6. The van der Waals surface area contributed by atoms with Gasteiger partial charge in [0.2, 0.25) is 0 Å². The van der Waals surface area contributed by atoms with Gasteiger partial charge in [0.15, 0.2) is 0 Å². The Morgan fingerprint density at radius 2 is 0.931 bits per heavy atom. The summed E-state index contributed by atoms with van der Waals surface area (Å²) in [5, 5.41) is 8.85. The van der Waals surface area contributed by atoms with Gasteiger partial charge < -0.3 is 0 Å². The summed E-state index contributed by atoms with van der Waals surface area (Å²) in [7, 11) is 0. The van der Waals surface area contributed by atoms with Gasteiger partial charge in [0.25, 0.3) is 0 Å². The Morgan fingerprint density at radius 1 is 0.414 bits per heavy atom. The average molecular weight is 372 g/mol. The summed E-state index contributed by atoms with van der Waals surface area (Å²) in [4.78, 5) is 0. The lowest BCUT2D eigenvalue weighted by molar-refractivity contribution is 0.633. The van der Waals surface area contributed by atoms with E-state index in [1.54, 1.807) is 6.07 Å². The molecule has 0 aliphatic carbocycles. The predicted octanol–water partition coefficient (Wildman–Crippen LogP) is 8.11. The Kier molecular flexibility index (Phi) is 3.45. The van der Waals surface area contributed by atoms with Gasteiger partial charge in [0, 0.05) is 5.56 Å². The van der Waals surface area contributed by atoms with E-state index in [0.717, 1.165) is 32.5 Å². The highest BCUT2D eigenvalue weighted by Gasteiger charge is 2.14. The summed E-state index contributed by atoms with van der Waals surface area (Å²) < 4.78 is 15.2. The highest BCUT2D eigenvalue weighted by atomic mass is 19.1. The quantitative estimate of drug-likeness (QED) is 0.256. The minimum absolute atomic E-state index is 0.187. The van der Waals surface area contributed by atoms with Gasteiger partial charge in [-0.05, 0) is 79.0 Å². The summed E-state index contributed by atoms with van der Waals surface area (Å²) >= 11 is 0. The second-order valence-electron chi connectivity index (χ2n) is 7.57. The van der Waals surface area contributed by atoms with Gasteiger partial charge in [0.1, 0.15) is 5.82 Å². The highest BCUT2D eigenvalue weighted by molar-refractivity contribution is 6.11. The molecule has 6 aromatic carbocycles. The number of fused-ring (bicyclic) bond motifs is 4. The molecule has 0 spiro atoms. The fourth-order valence-electron chi connectivity index (χ4n) is 4.45. The lowest BCUT2D eigenvalue weighted by Crippen LogP contribution is -1.90. The van der Waals surface area contributed by atoms with Gasteiger partial charge in [-0.15, -0.1) is 0 Å². The van der Waals surface area contributed by atoms with E-state index in [-0.39, 0.29) is 5.82 Å². The van der Waals surface area contributed by atoms with Crippen LogP contribution in [0.3, 0.4) is 0 Å². The molecule has 0 atom stereocenters. The molecule has 0 aliphatic heterocycles. The van der Waals surface area contributed by atoms with Crippen molar-refractivity contribution < 1.29 is 4.39 Å². The number of rotatable bonds is 1. The molecule has 1 heteroatoms. The van der Waals surface area contributed by atoms with Crippen LogP contribution >= 0.6 is 0 Å². The lowest BCUT2D eigenvalue weighted by Gasteiger charge is -2.13. The molecule has 0 saturated carbocycles. The van der Waals surface area contributed by atoms with Crippen molar-refractivity contribution >= 4 is 43.1 Å². The minimum atomic E-state index is -0.187. The molecule has 0 radical (unpaired) electrons. The molecule has 0 amide bonds. The van der Waals surface area contributed by atoms with Crippen molar-refractivity contribution in [3.63, 3.8) is 0 Å². The van der Waals surface area contributed by atoms with Crippen LogP contribution in [-0.4, -0.2) is 0 Å². The molecular formula is C28H17F. The van der Waals surface area contributed by atoms with Crippen molar-refractivity contribution in [3.05, 3.63) is 109 Å². The standard InChI is InChI=1S/C28H17F/c29-27-13-12-23-15-19-7-2-4-9-21(19)17-26(23)28(27)24-11-5-10-22-14-18-6-1-3-8-20(18)16-25(22)24/h1-17H. The number of halogens is 1. The summed E-state index contributed by atoms with van der Waals surface area (Å²) in [6, 6.07) is 34.8. The summed E-state index contributed by atoms with van der Waals surface area (Å²) in [6.07, 6.45) is 0. The van der Waals surface area contributed by atoms with Crippen LogP contribution in [-0.2, 0) is 0 Å². The van der Waals surface area contributed by atoms with Crippen LogP contribution < -0.4 is 0 Å². The van der Waals surface area contributed by atoms with Crippen LogP contribution in [0.1, 0.15) is 0 Å². The van der Waals surface area contributed by atoms with E-state index in [2.05, 4.69) is 54.6 Å². The molecule has 6 rings (SSSR count). The third-order valence-electron chi connectivity index (χ3n) is 5.85. The van der Waals surface area contributed by atoms with E-state index < -0.39 is 0 Å². The molecule has 0 unspecified atom stereocenters. The first-order chi connectivity index (χ1) is 14.3. The number of benzene rings is 6. The van der Waals surface area contributed by atoms with Crippen molar-refractivity contribution in [2.45, 2.75) is 0 Å². The number of hydrogen-bond acceptors (Lipinski definition) is 0. The zero-order valence-corrected chi connectivity index (χ0v) is 15.7. The van der Waals surface area contributed by atoms with Crippen LogP contribution in [0.2, 0.25) is 0 Å². The van der Waals surface area contributed by atoms with Crippen LogP contribution in [0.15, 0.2) is 103 Å². The van der Waals surface area contributed by atoms with Gasteiger partial charge in [-0.1, -0.05) is 72.8 Å². The Labute approximate surface area is 167 Å². The molecule has 0 N–H and O–H groups in total. The topological polar surface area (TPSA) is 0 Å². The van der Waals surface area contributed by atoms with E-state index in [0.29, 0.717) is 5.56 Å². The SMILES string of the molecule is Fc1ccc2cc3ccccc3cc2c1-c1cccc2cc3ccccc3cc12. The van der Waals surface area contributed by atoms with E-state index in [4.69, 9.17) is 0 Å². The van der Waals surface area contributed by atoms with Crippen LogP contribution in [0.25, 0.3) is 54.2 Å². The molecule has 6 aromatic rings. The molecule has 0 saturated heterocycles. The first kappa shape index (κ1) is 16.3. The molecule has 0 aromatic heterocycles. The Hall–Kier alpha value is -3.71. The third-order valence-corrected chi connectivity index (χ3v) is 5.85. The smallest absolute Gasteiger partial charge is 0.131 e. The maximum Gasteiger partial charge on any atom is 0.131 e. The zero-order valence-electron chi connectivity index (χ0n) is 15.7. The van der Waals surface area contributed by atoms with E-state index >= 15 is 4.39 Å². The Morgan fingerprint density at radius 3 is 1.59 bits per heavy atom. The molecule has 0 aliphatic rings. The summed E-state index contributed by atoms with van der Waals surface area (Å²) in [5.41, 5.74) is 1.61. The fraction of sp³-hybridized carbons (Fsp3) is 0. The van der Waals surface area contributed by atoms with Gasteiger partial charge in [0.05, 0.1) is 0 Å². The maximum absolute atomic E-state index is 15.2. The molecule has 0 fully saturated rings. The van der Waals surface area contributed by atoms with Crippen molar-refractivity contribution in [2.75, 3.05) is 0 Å². The van der Waals surface area contributed by atoms with E-state index in [1.165, 1.54) is 16.2 Å². The molecule has 0 heterocycles. The number of hydrogen-bond donors (Lipinski definition) is 0. The first-order valence-corrected chi connectivity index (χ1v) is 9.81. The summed E-state index contributed by atoms with van der Waals surface area (Å²) in [6.45, 7) is 0. The summed E-state index contributed by atoms with van der Waals surface area (Å²) in [5.74, 6) is -0.187. The van der Waals surface area contributed by atoms with Crippen LogP contribution in [0.4, 0.5) is 4.39 Å². The largest absolute Gasteiger partial charge is 0.206 e. The van der Waals surface area contributed by atoms with E-state index in [9.17, 15) is 0 Å². The zero-order chi connectivity index (χ0) is 19.4. The van der Waals surface area contributed by atoms with Crippen LogP contribution in [0, 0.1) is 5.82 Å². The Bertz CT molecular complexity index is 1560. The minimum Gasteiger partial charge on any atom is -0.206 e. The van der Waals surface area contributed by atoms with Gasteiger partial charge >= 0.3 is 0 Å². The van der Waals surface area contributed by atoms with Crippen molar-refractivity contribution in [1.29, 1.82) is 0 Å². The fourth-order valence-corrected chi connectivity index (χ4v) is 4.45. The predicted molar refractivity (Wildman–Crippen MR) is 122 cm³/mol. The second-order valence-corrected chi connectivity index (χ2v) is 7.57. The van der Waals surface area contributed by atoms with Crippen molar-refractivity contribution in [3.8, 4) is 11.1 Å². The molecule has 136 valence electrons. The molecular weight excluding hydrogens is 355 g/mol. The molecule has 0 nitrogen and oxygen atoms in total. The second kappa shape index (κ2) is 6.15. The monoisotopic (exact) mass is 372 g/mol. The van der Waals surface area contributed by atoms with E-state index in [1.807, 2.05) is 42.5 Å². The third kappa shape index (κ3) is 2.51. The van der Waals surface area contributed by atoms with Gasteiger partial charge in [-0.25, -0.2) is 4.39 Å². The van der Waals surface area contributed by atoms with Crippen molar-refractivity contribution in [2.24, 2.45) is 0 Å². The van der Waals surface area contributed by atoms with Gasteiger partial charge in [-0.3, -0.25) is 0 Å². The Balaban J connectivity index is 1.75. The molecule has 29 heavy (non-hydrogen) atoms. The first-order valence-electron chi connectivity index (χ1n) is 9.81. The highest BCUT2D eigenvalue weighted by Crippen LogP contribution is 2.38. The van der Waals surface area contributed by atoms with Crippen molar-refractivity contribution in [1.82, 2.24) is 0 Å². The maximum atomic E-state index is 15.2. The van der Waals surface area contributed by atoms with Crippen LogP contribution in [0.5, 0.6) is 0 Å². The average Bonchev–Trinajstić information content (AvgIpc) is 2.76.